The molecule has 0 aliphatic carbocycles. The number of phenolic OH excluding ortho intramolecular Hbond substituents is 1. The van der Waals surface area contributed by atoms with Crippen LogP contribution >= 0.6 is 0 Å². The minimum atomic E-state index is -0.000683. The minimum absolute atomic E-state index is 0.000683. The summed E-state index contributed by atoms with van der Waals surface area (Å²) >= 11 is 0. The summed E-state index contributed by atoms with van der Waals surface area (Å²) in [6, 6.07) is 9.65. The topological polar surface area (TPSA) is 38.7 Å². The minimum Gasteiger partial charge on any atom is -0.507 e. The molecule has 2 rings (SSSR count). The number of hydrogen-bond acceptors (Lipinski definition) is 3. The molecule has 3 nitrogen and oxygen atoms in total. The Labute approximate surface area is 132 Å². The molecule has 0 atom stereocenters. The van der Waals surface area contributed by atoms with E-state index in [0.29, 0.717) is 5.75 Å². The smallest absolute Gasteiger partial charge is 0.127 e. The summed E-state index contributed by atoms with van der Waals surface area (Å²) in [7, 11) is 3.26. The predicted octanol–water partition coefficient (Wildman–Crippen LogP) is 4.68. The van der Waals surface area contributed by atoms with Gasteiger partial charge in [0, 0.05) is 11.1 Å². The highest BCUT2D eigenvalue weighted by atomic mass is 16.5. The van der Waals surface area contributed by atoms with Crippen LogP contribution in [-0.4, -0.2) is 19.3 Å². The van der Waals surface area contributed by atoms with Gasteiger partial charge in [-0.05, 0) is 47.7 Å². The lowest BCUT2D eigenvalue weighted by Gasteiger charge is -2.22. The van der Waals surface area contributed by atoms with Gasteiger partial charge in [0.2, 0.25) is 0 Å². The normalized spacial score (nSPS) is 11.4. The first kappa shape index (κ1) is 16.2. The Hall–Kier alpha value is -2.16. The highest BCUT2D eigenvalue weighted by Crippen LogP contribution is 2.42. The Kier molecular flexibility index (Phi) is 4.36. The van der Waals surface area contributed by atoms with Gasteiger partial charge in [-0.15, -0.1) is 0 Å². The standard InChI is InChI=1S/C19H24O3/c1-12-9-13(19(2,3)4)10-16(18(12)20)15-11-14(21-5)7-8-17(15)22-6/h7-11,20H,1-6H3. The summed E-state index contributed by atoms with van der Waals surface area (Å²) in [5, 5.41) is 10.5. The van der Waals surface area contributed by atoms with Crippen molar-refractivity contribution in [2.45, 2.75) is 33.1 Å². The molecule has 0 saturated carbocycles. The van der Waals surface area contributed by atoms with Crippen LogP contribution in [0.2, 0.25) is 0 Å². The Morgan fingerprint density at radius 1 is 0.909 bits per heavy atom. The van der Waals surface area contributed by atoms with Gasteiger partial charge >= 0.3 is 0 Å². The molecule has 0 amide bonds. The maximum absolute atomic E-state index is 10.5. The Balaban J connectivity index is 2.74. The monoisotopic (exact) mass is 300 g/mol. The van der Waals surface area contributed by atoms with Gasteiger partial charge in [0.25, 0.3) is 0 Å². The van der Waals surface area contributed by atoms with Crippen LogP contribution in [0.25, 0.3) is 11.1 Å². The van der Waals surface area contributed by atoms with Crippen LogP contribution in [0.3, 0.4) is 0 Å². The largest absolute Gasteiger partial charge is 0.507 e. The second kappa shape index (κ2) is 5.91. The van der Waals surface area contributed by atoms with Crippen LogP contribution < -0.4 is 9.47 Å². The summed E-state index contributed by atoms with van der Waals surface area (Å²) in [4.78, 5) is 0. The van der Waals surface area contributed by atoms with Crippen molar-refractivity contribution in [1.82, 2.24) is 0 Å². The van der Waals surface area contributed by atoms with Crippen LogP contribution in [0.1, 0.15) is 31.9 Å². The molecule has 0 saturated heterocycles. The molecule has 2 aromatic rings. The van der Waals surface area contributed by atoms with Gasteiger partial charge in [-0.3, -0.25) is 0 Å². The lowest BCUT2D eigenvalue weighted by molar-refractivity contribution is 0.404. The maximum atomic E-state index is 10.5. The molecule has 1 N–H and O–H groups in total. The van der Waals surface area contributed by atoms with Gasteiger partial charge in [0.15, 0.2) is 0 Å². The molecule has 2 aromatic carbocycles. The van der Waals surface area contributed by atoms with E-state index in [1.54, 1.807) is 14.2 Å². The van der Waals surface area contributed by atoms with Crippen LogP contribution in [0, 0.1) is 6.92 Å². The Morgan fingerprint density at radius 3 is 2.14 bits per heavy atom. The third-order valence-electron chi connectivity index (χ3n) is 3.86. The van der Waals surface area contributed by atoms with Gasteiger partial charge in [0.05, 0.1) is 14.2 Å². The molecule has 22 heavy (non-hydrogen) atoms. The van der Waals surface area contributed by atoms with E-state index < -0.39 is 0 Å². The second-order valence-electron chi connectivity index (χ2n) is 6.51. The molecule has 0 unspecified atom stereocenters. The van der Waals surface area contributed by atoms with Crippen molar-refractivity contribution < 1.29 is 14.6 Å². The lowest BCUT2D eigenvalue weighted by atomic mass is 9.84. The maximum Gasteiger partial charge on any atom is 0.127 e. The zero-order valence-electron chi connectivity index (χ0n) is 14.2. The van der Waals surface area contributed by atoms with Crippen molar-refractivity contribution in [2.75, 3.05) is 14.2 Å². The SMILES string of the molecule is COc1ccc(OC)c(-c2cc(C(C)(C)C)cc(C)c2O)c1. The van der Waals surface area contributed by atoms with Crippen molar-refractivity contribution in [2.24, 2.45) is 0 Å². The number of benzene rings is 2. The number of aryl methyl sites for hydroxylation is 1. The summed E-state index contributed by atoms with van der Waals surface area (Å²) in [5.41, 5.74) is 3.61. The fourth-order valence-corrected chi connectivity index (χ4v) is 2.44. The van der Waals surface area contributed by atoms with Gasteiger partial charge in [-0.25, -0.2) is 0 Å². The first-order valence-corrected chi connectivity index (χ1v) is 7.34. The third-order valence-corrected chi connectivity index (χ3v) is 3.86. The first-order valence-electron chi connectivity index (χ1n) is 7.34. The molecule has 0 fully saturated rings. The number of phenols is 1. The van der Waals surface area contributed by atoms with Crippen LogP contribution in [0.15, 0.2) is 30.3 Å². The van der Waals surface area contributed by atoms with E-state index in [0.717, 1.165) is 22.4 Å². The lowest BCUT2D eigenvalue weighted by Crippen LogP contribution is -2.11. The van der Waals surface area contributed by atoms with Gasteiger partial charge in [-0.2, -0.15) is 0 Å². The van der Waals surface area contributed by atoms with Gasteiger partial charge < -0.3 is 14.6 Å². The van der Waals surface area contributed by atoms with E-state index >= 15 is 0 Å². The molecule has 0 spiro atoms. The highest BCUT2D eigenvalue weighted by Gasteiger charge is 2.20. The van der Waals surface area contributed by atoms with Crippen molar-refractivity contribution >= 4 is 0 Å². The molecule has 0 bridgehead atoms. The first-order chi connectivity index (χ1) is 10.3. The average molecular weight is 300 g/mol. The molecular weight excluding hydrogens is 276 g/mol. The van der Waals surface area contributed by atoms with Gasteiger partial charge in [-0.1, -0.05) is 26.8 Å². The Morgan fingerprint density at radius 2 is 1.59 bits per heavy atom. The number of methoxy groups -OCH3 is 2. The quantitative estimate of drug-likeness (QED) is 0.894. The number of ether oxygens (including phenoxy) is 2. The summed E-state index contributed by atoms with van der Waals surface area (Å²) in [5.74, 6) is 1.72. The molecule has 0 aromatic heterocycles. The molecular formula is C19H24O3. The van der Waals surface area contributed by atoms with Crippen LogP contribution in [0.5, 0.6) is 17.2 Å². The van der Waals surface area contributed by atoms with E-state index in [2.05, 4.69) is 20.8 Å². The fraction of sp³-hybridized carbons (Fsp3) is 0.368. The van der Waals surface area contributed by atoms with Gasteiger partial charge in [0.1, 0.15) is 17.2 Å². The second-order valence-corrected chi connectivity index (χ2v) is 6.51. The molecule has 118 valence electrons. The molecule has 3 heteroatoms. The number of aromatic hydroxyl groups is 1. The van der Waals surface area contributed by atoms with Crippen molar-refractivity contribution in [1.29, 1.82) is 0 Å². The summed E-state index contributed by atoms with van der Waals surface area (Å²) in [6.07, 6.45) is 0. The van der Waals surface area contributed by atoms with Crippen LogP contribution in [-0.2, 0) is 5.41 Å². The van der Waals surface area contributed by atoms with E-state index in [4.69, 9.17) is 9.47 Å². The Bertz CT molecular complexity index is 682. The van der Waals surface area contributed by atoms with Crippen molar-refractivity contribution in [3.63, 3.8) is 0 Å². The van der Waals surface area contributed by atoms with E-state index in [9.17, 15) is 5.11 Å². The molecule has 0 aliphatic heterocycles. The zero-order chi connectivity index (χ0) is 16.5. The molecule has 0 heterocycles. The van der Waals surface area contributed by atoms with Crippen molar-refractivity contribution in [3.8, 4) is 28.4 Å². The highest BCUT2D eigenvalue weighted by molar-refractivity contribution is 5.78. The average Bonchev–Trinajstić information content (AvgIpc) is 2.48. The molecule has 0 radical (unpaired) electrons. The number of rotatable bonds is 3. The zero-order valence-corrected chi connectivity index (χ0v) is 14.2. The summed E-state index contributed by atoms with van der Waals surface area (Å²) in [6.45, 7) is 8.39. The third kappa shape index (κ3) is 3.03. The predicted molar refractivity (Wildman–Crippen MR) is 90.1 cm³/mol. The van der Waals surface area contributed by atoms with Crippen LogP contribution in [0.4, 0.5) is 0 Å². The van der Waals surface area contributed by atoms with Crippen molar-refractivity contribution in [3.05, 3.63) is 41.5 Å². The van der Waals surface area contributed by atoms with E-state index in [1.807, 2.05) is 37.3 Å². The summed E-state index contributed by atoms with van der Waals surface area (Å²) < 4.78 is 10.8. The van der Waals surface area contributed by atoms with E-state index in [-0.39, 0.29) is 11.2 Å². The molecule has 0 aliphatic rings. The fourth-order valence-electron chi connectivity index (χ4n) is 2.44. The number of hydrogen-bond donors (Lipinski definition) is 1. The van der Waals surface area contributed by atoms with E-state index in [1.165, 1.54) is 5.56 Å².